The summed E-state index contributed by atoms with van der Waals surface area (Å²) in [7, 11) is 0. The third-order valence-corrected chi connectivity index (χ3v) is 6.31. The summed E-state index contributed by atoms with van der Waals surface area (Å²) < 4.78 is 44.1. The monoisotopic (exact) mass is 614 g/mol. The van der Waals surface area contributed by atoms with Crippen LogP contribution in [0.15, 0.2) is 70.9 Å². The lowest BCUT2D eigenvalue weighted by molar-refractivity contribution is -0.217. The predicted octanol–water partition coefficient (Wildman–Crippen LogP) is 1.31. The number of pyridine rings is 2. The molecular formula is C28H27FN4O11. The third-order valence-electron chi connectivity index (χ3n) is 6.31. The maximum Gasteiger partial charge on any atom is 0.341 e. The number of halogens is 1. The molecule has 3 aromatic heterocycles. The van der Waals surface area contributed by atoms with E-state index < -0.39 is 72.8 Å². The molecule has 0 saturated carbocycles. The fraction of sp³-hybridized carbons (Fsp3) is 0.357. The van der Waals surface area contributed by atoms with Crippen molar-refractivity contribution in [1.82, 2.24) is 19.1 Å². The van der Waals surface area contributed by atoms with Crippen LogP contribution in [0.4, 0.5) is 4.39 Å². The van der Waals surface area contributed by atoms with Crippen LogP contribution >= 0.6 is 0 Å². The summed E-state index contributed by atoms with van der Waals surface area (Å²) >= 11 is 0. The van der Waals surface area contributed by atoms with Crippen molar-refractivity contribution in [1.29, 1.82) is 0 Å². The summed E-state index contributed by atoms with van der Waals surface area (Å²) in [6.45, 7) is 0.867. The second kappa shape index (κ2) is 13.8. The first kappa shape index (κ1) is 31.7. The molecule has 4 rings (SSSR count). The van der Waals surface area contributed by atoms with Gasteiger partial charge >= 0.3 is 29.6 Å². The molecule has 15 nitrogen and oxygen atoms in total. The van der Waals surface area contributed by atoms with E-state index in [1.807, 2.05) is 0 Å². The van der Waals surface area contributed by atoms with E-state index in [1.165, 1.54) is 62.9 Å². The second-order valence-electron chi connectivity index (χ2n) is 9.26. The molecule has 0 aliphatic carbocycles. The highest BCUT2D eigenvalue weighted by Crippen LogP contribution is 2.42. The smallest absolute Gasteiger partial charge is 0.341 e. The van der Waals surface area contributed by atoms with E-state index in [0.717, 1.165) is 12.3 Å². The molecular weight excluding hydrogens is 587 g/mol. The fourth-order valence-electron chi connectivity index (χ4n) is 4.06. The Balaban J connectivity index is 1.69. The highest BCUT2D eigenvalue weighted by molar-refractivity contribution is 5.89. The second-order valence-corrected chi connectivity index (χ2v) is 9.26. The summed E-state index contributed by atoms with van der Waals surface area (Å²) in [5, 5.41) is 0. The summed E-state index contributed by atoms with van der Waals surface area (Å²) in [5.41, 5.74) is -2.02. The first-order chi connectivity index (χ1) is 21.1. The molecule has 16 heteroatoms. The van der Waals surface area contributed by atoms with Gasteiger partial charge in [-0.3, -0.25) is 28.9 Å². The van der Waals surface area contributed by atoms with Crippen LogP contribution in [-0.4, -0.2) is 67.6 Å². The Morgan fingerprint density at radius 3 is 2.07 bits per heavy atom. The molecule has 4 atom stereocenters. The quantitative estimate of drug-likeness (QED) is 0.223. The van der Waals surface area contributed by atoms with Gasteiger partial charge in [-0.2, -0.15) is 0 Å². The minimum Gasteiger partial charge on any atom is -0.456 e. The molecule has 232 valence electrons. The molecule has 1 aliphatic rings. The van der Waals surface area contributed by atoms with E-state index in [0.29, 0.717) is 9.13 Å². The van der Waals surface area contributed by atoms with Gasteiger partial charge in [0.15, 0.2) is 25.7 Å². The van der Waals surface area contributed by atoms with E-state index in [4.69, 9.17) is 23.7 Å². The van der Waals surface area contributed by atoms with Gasteiger partial charge in [-0.25, -0.2) is 23.3 Å². The number of esters is 4. The highest BCUT2D eigenvalue weighted by Gasteiger charge is 2.62. The average Bonchev–Trinajstić information content (AvgIpc) is 3.30. The zero-order valence-electron chi connectivity index (χ0n) is 23.5. The lowest BCUT2D eigenvalue weighted by Gasteiger charge is -2.27. The minimum atomic E-state index is -3.14. The summed E-state index contributed by atoms with van der Waals surface area (Å²) in [4.78, 5) is 83.2. The van der Waals surface area contributed by atoms with Crippen LogP contribution in [0.25, 0.3) is 0 Å². The number of carbonyl (C=O) groups excluding carboxylic acids is 4. The number of aromatic nitrogens is 4. The number of nitrogens with zero attached hydrogens (tertiary/aromatic N) is 4. The predicted molar refractivity (Wildman–Crippen MR) is 143 cm³/mol. The first-order valence-electron chi connectivity index (χ1n) is 13.3. The van der Waals surface area contributed by atoms with Crippen LogP contribution in [-0.2, 0) is 40.0 Å². The van der Waals surface area contributed by atoms with Crippen LogP contribution < -0.4 is 11.2 Å². The summed E-state index contributed by atoms with van der Waals surface area (Å²) in [6, 6.07) is 6.59. The van der Waals surface area contributed by atoms with Gasteiger partial charge in [0.05, 0.1) is 11.1 Å². The van der Waals surface area contributed by atoms with Crippen molar-refractivity contribution in [3.63, 3.8) is 0 Å². The van der Waals surface area contributed by atoms with Crippen molar-refractivity contribution in [2.24, 2.45) is 0 Å². The van der Waals surface area contributed by atoms with Crippen molar-refractivity contribution in [3.05, 3.63) is 93.3 Å². The molecule has 0 bridgehead atoms. The van der Waals surface area contributed by atoms with Crippen molar-refractivity contribution in [2.45, 2.75) is 57.7 Å². The molecule has 0 radical (unpaired) electrons. The van der Waals surface area contributed by atoms with E-state index in [1.54, 1.807) is 0 Å². The Labute approximate surface area is 248 Å². The van der Waals surface area contributed by atoms with Crippen molar-refractivity contribution in [2.75, 3.05) is 6.61 Å². The maximum absolute atomic E-state index is 16.6. The zero-order valence-corrected chi connectivity index (χ0v) is 23.5. The van der Waals surface area contributed by atoms with Gasteiger partial charge in [0, 0.05) is 49.9 Å². The maximum atomic E-state index is 16.6. The third kappa shape index (κ3) is 7.03. The first-order valence-corrected chi connectivity index (χ1v) is 13.3. The normalized spacial score (nSPS) is 20.8. The molecule has 4 heterocycles. The Hall–Kier alpha value is -5.25. The highest BCUT2D eigenvalue weighted by atomic mass is 19.2. The van der Waals surface area contributed by atoms with Gasteiger partial charge in [-0.05, 0) is 24.3 Å². The van der Waals surface area contributed by atoms with E-state index in [-0.39, 0.29) is 24.0 Å². The molecule has 0 aromatic carbocycles. The standard InChI is InChI=1S/C28H27FN4O11/c1-3-20(35)42-22-23(43-21(36)4-2)28(29,15-40-25(37)17-7-5-10-30-13-17)44-24(22)32-12-9-19(34)33(27(32)39)16-41-26(38)18-8-6-11-31-14-18/h5-14,22-24H,3-4,15-16H2,1-2H3/t22-,23+,24-,28-/m1/s1. The van der Waals surface area contributed by atoms with Crippen molar-refractivity contribution >= 4 is 23.9 Å². The molecule has 0 N–H and O–H groups in total. The van der Waals surface area contributed by atoms with E-state index in [2.05, 4.69) is 9.97 Å². The Morgan fingerprint density at radius 2 is 1.50 bits per heavy atom. The zero-order chi connectivity index (χ0) is 31.9. The van der Waals surface area contributed by atoms with Crippen molar-refractivity contribution < 1.29 is 47.3 Å². The Morgan fingerprint density at radius 1 is 0.909 bits per heavy atom. The number of rotatable bonds is 11. The molecule has 1 aliphatic heterocycles. The van der Waals surface area contributed by atoms with Gasteiger partial charge in [-0.15, -0.1) is 0 Å². The lowest BCUT2D eigenvalue weighted by Crippen LogP contribution is -2.48. The Bertz CT molecular complexity index is 1630. The topological polar surface area (TPSA) is 184 Å². The number of alkyl halides is 1. The lowest BCUT2D eigenvalue weighted by atomic mass is 10.1. The number of hydrogen-bond acceptors (Lipinski definition) is 13. The SMILES string of the molecule is CCC(=O)O[C@H]1[C@H](n2ccc(=O)n(COC(=O)c3cccnc3)c2=O)O[C@](F)(COC(=O)c2cccnc2)[C@H]1OC(=O)CC. The van der Waals surface area contributed by atoms with E-state index in [9.17, 15) is 28.8 Å². The minimum absolute atomic E-state index is 0.0224. The van der Waals surface area contributed by atoms with Crippen molar-refractivity contribution in [3.8, 4) is 0 Å². The van der Waals surface area contributed by atoms with Gasteiger partial charge in [-0.1, -0.05) is 13.8 Å². The van der Waals surface area contributed by atoms with E-state index >= 15 is 4.39 Å². The fourth-order valence-corrected chi connectivity index (χ4v) is 4.06. The number of carbonyl (C=O) groups is 4. The van der Waals surface area contributed by atoms with Crippen LogP contribution in [0, 0.1) is 0 Å². The van der Waals surface area contributed by atoms with Crippen LogP contribution in [0.1, 0.15) is 53.6 Å². The molecule has 44 heavy (non-hydrogen) atoms. The molecule has 1 fully saturated rings. The number of ether oxygens (including phenoxy) is 5. The molecule has 0 unspecified atom stereocenters. The molecule has 0 amide bonds. The molecule has 1 saturated heterocycles. The molecule has 3 aromatic rings. The summed E-state index contributed by atoms with van der Waals surface area (Å²) in [6.07, 6.45) is 0.111. The largest absolute Gasteiger partial charge is 0.456 e. The van der Waals surface area contributed by atoms with Crippen LogP contribution in [0.2, 0.25) is 0 Å². The van der Waals surface area contributed by atoms with Crippen LogP contribution in [0.3, 0.4) is 0 Å². The van der Waals surface area contributed by atoms with Gasteiger partial charge in [0.1, 0.15) is 0 Å². The Kier molecular flexibility index (Phi) is 9.95. The van der Waals surface area contributed by atoms with Gasteiger partial charge in [0.25, 0.3) is 11.4 Å². The number of hydrogen-bond donors (Lipinski definition) is 0. The van der Waals surface area contributed by atoms with Crippen LogP contribution in [0.5, 0.6) is 0 Å². The summed E-state index contributed by atoms with van der Waals surface area (Å²) in [5.74, 6) is -6.82. The van der Waals surface area contributed by atoms with Gasteiger partial charge in [0.2, 0.25) is 6.10 Å². The molecule has 0 spiro atoms. The average molecular weight is 615 g/mol. The van der Waals surface area contributed by atoms with Gasteiger partial charge < -0.3 is 23.7 Å².